The average Bonchev–Trinajstić information content (AvgIpc) is 2.15. The summed E-state index contributed by atoms with van der Waals surface area (Å²) < 4.78 is 5.63. The van der Waals surface area contributed by atoms with E-state index in [1.54, 1.807) is 0 Å². The molecule has 2 unspecified atom stereocenters. The van der Waals surface area contributed by atoms with Gasteiger partial charge < -0.3 is 4.74 Å². The van der Waals surface area contributed by atoms with E-state index >= 15 is 0 Å². The van der Waals surface area contributed by atoms with Crippen LogP contribution in [0, 0.1) is 5.92 Å². The zero-order valence-electron chi connectivity index (χ0n) is 8.62. The first-order valence-corrected chi connectivity index (χ1v) is 5.20. The largest absolute Gasteiger partial charge is 0.379 e. The Labute approximate surface area is 80.6 Å². The SMILES string of the molecule is CC1CCOCC12CC=CCN2C. The van der Waals surface area contributed by atoms with Crippen LogP contribution in [0.1, 0.15) is 19.8 Å². The van der Waals surface area contributed by atoms with Gasteiger partial charge in [0.25, 0.3) is 0 Å². The van der Waals surface area contributed by atoms with Crippen LogP contribution in [-0.4, -0.2) is 37.2 Å². The first-order valence-electron chi connectivity index (χ1n) is 5.20. The fourth-order valence-corrected chi connectivity index (χ4v) is 2.52. The molecule has 2 aliphatic heterocycles. The third-order valence-electron chi connectivity index (χ3n) is 3.74. The van der Waals surface area contributed by atoms with E-state index in [9.17, 15) is 0 Å². The average molecular weight is 181 g/mol. The summed E-state index contributed by atoms with van der Waals surface area (Å²) in [5.41, 5.74) is 0.299. The predicted molar refractivity (Wildman–Crippen MR) is 53.7 cm³/mol. The Kier molecular flexibility index (Phi) is 2.43. The molecule has 2 atom stereocenters. The Hall–Kier alpha value is -0.340. The van der Waals surface area contributed by atoms with Crippen molar-refractivity contribution in [2.45, 2.75) is 25.3 Å². The number of likely N-dealkylation sites (N-methyl/N-ethyl adjacent to an activating group) is 1. The van der Waals surface area contributed by atoms with Crippen LogP contribution in [0.25, 0.3) is 0 Å². The highest BCUT2D eigenvalue weighted by atomic mass is 16.5. The van der Waals surface area contributed by atoms with Gasteiger partial charge in [0, 0.05) is 13.2 Å². The normalized spacial score (nSPS) is 41.2. The molecular formula is C11H19NO. The van der Waals surface area contributed by atoms with Crippen molar-refractivity contribution in [3.05, 3.63) is 12.2 Å². The summed E-state index contributed by atoms with van der Waals surface area (Å²) in [5.74, 6) is 0.760. The Balaban J connectivity index is 2.19. The molecule has 0 aromatic rings. The van der Waals surface area contributed by atoms with Crippen molar-refractivity contribution >= 4 is 0 Å². The minimum atomic E-state index is 0.299. The Morgan fingerprint density at radius 1 is 1.46 bits per heavy atom. The third kappa shape index (κ3) is 1.42. The fraction of sp³-hybridized carbons (Fsp3) is 0.818. The standard InChI is InChI=1S/C11H19NO/c1-10-5-8-13-9-11(10)6-3-4-7-12(11)2/h3-4,10H,5-9H2,1-2H3. The summed E-state index contributed by atoms with van der Waals surface area (Å²) >= 11 is 0. The first-order chi connectivity index (χ1) is 6.26. The zero-order valence-corrected chi connectivity index (χ0v) is 8.62. The van der Waals surface area contributed by atoms with E-state index < -0.39 is 0 Å². The minimum Gasteiger partial charge on any atom is -0.379 e. The molecule has 74 valence electrons. The Morgan fingerprint density at radius 3 is 3.00 bits per heavy atom. The molecule has 0 saturated carbocycles. The Bertz CT molecular complexity index is 214. The third-order valence-corrected chi connectivity index (χ3v) is 3.74. The molecule has 1 saturated heterocycles. The van der Waals surface area contributed by atoms with E-state index in [0.717, 1.165) is 32.1 Å². The quantitative estimate of drug-likeness (QED) is 0.527. The smallest absolute Gasteiger partial charge is 0.0656 e. The van der Waals surface area contributed by atoms with Crippen molar-refractivity contribution in [1.82, 2.24) is 4.90 Å². The lowest BCUT2D eigenvalue weighted by Crippen LogP contribution is -2.58. The van der Waals surface area contributed by atoms with Gasteiger partial charge in [-0.25, -0.2) is 0 Å². The zero-order chi connectivity index (χ0) is 9.31. The summed E-state index contributed by atoms with van der Waals surface area (Å²) in [5, 5.41) is 0. The van der Waals surface area contributed by atoms with Crippen LogP contribution in [0.15, 0.2) is 12.2 Å². The second kappa shape index (κ2) is 3.43. The van der Waals surface area contributed by atoms with Crippen molar-refractivity contribution in [2.75, 3.05) is 26.8 Å². The summed E-state index contributed by atoms with van der Waals surface area (Å²) in [6, 6.07) is 0. The second-order valence-corrected chi connectivity index (χ2v) is 4.40. The highest BCUT2D eigenvalue weighted by Gasteiger charge is 2.42. The fourth-order valence-electron chi connectivity index (χ4n) is 2.52. The highest BCUT2D eigenvalue weighted by molar-refractivity contribution is 5.07. The maximum Gasteiger partial charge on any atom is 0.0656 e. The van der Waals surface area contributed by atoms with Gasteiger partial charge in [-0.15, -0.1) is 0 Å². The van der Waals surface area contributed by atoms with Crippen LogP contribution in [0.3, 0.4) is 0 Å². The maximum absolute atomic E-state index is 5.63. The molecule has 2 aliphatic rings. The van der Waals surface area contributed by atoms with Gasteiger partial charge in [-0.05, 0) is 25.8 Å². The van der Waals surface area contributed by atoms with Gasteiger partial charge in [-0.3, -0.25) is 4.90 Å². The van der Waals surface area contributed by atoms with Gasteiger partial charge in [-0.2, -0.15) is 0 Å². The molecule has 0 bridgehead atoms. The molecule has 1 fully saturated rings. The molecule has 0 amide bonds. The van der Waals surface area contributed by atoms with E-state index in [-0.39, 0.29) is 0 Å². The number of ether oxygens (including phenoxy) is 1. The number of rotatable bonds is 0. The Morgan fingerprint density at radius 2 is 2.31 bits per heavy atom. The monoisotopic (exact) mass is 181 g/mol. The van der Waals surface area contributed by atoms with Gasteiger partial charge in [-0.1, -0.05) is 19.1 Å². The van der Waals surface area contributed by atoms with Gasteiger partial charge in [0.05, 0.1) is 12.1 Å². The van der Waals surface area contributed by atoms with Crippen LogP contribution in [0.5, 0.6) is 0 Å². The van der Waals surface area contributed by atoms with Crippen molar-refractivity contribution in [3.8, 4) is 0 Å². The van der Waals surface area contributed by atoms with E-state index in [1.807, 2.05) is 0 Å². The molecule has 2 heteroatoms. The second-order valence-electron chi connectivity index (χ2n) is 4.40. The molecule has 0 aliphatic carbocycles. The molecule has 0 N–H and O–H groups in total. The molecular weight excluding hydrogens is 162 g/mol. The first kappa shape index (κ1) is 9.22. The number of nitrogens with zero attached hydrogens (tertiary/aromatic N) is 1. The molecule has 0 aromatic heterocycles. The molecule has 0 aromatic carbocycles. The predicted octanol–water partition coefficient (Wildman–Crippen LogP) is 1.67. The summed E-state index contributed by atoms with van der Waals surface area (Å²) in [7, 11) is 2.22. The van der Waals surface area contributed by atoms with Crippen LogP contribution in [0.2, 0.25) is 0 Å². The lowest BCUT2D eigenvalue weighted by atomic mass is 9.77. The maximum atomic E-state index is 5.63. The van der Waals surface area contributed by atoms with Crippen molar-refractivity contribution in [3.63, 3.8) is 0 Å². The van der Waals surface area contributed by atoms with Crippen LogP contribution in [-0.2, 0) is 4.74 Å². The van der Waals surface area contributed by atoms with E-state index in [0.29, 0.717) is 5.54 Å². The van der Waals surface area contributed by atoms with Gasteiger partial charge in [0.1, 0.15) is 0 Å². The van der Waals surface area contributed by atoms with E-state index in [4.69, 9.17) is 4.74 Å². The van der Waals surface area contributed by atoms with Gasteiger partial charge in [0.15, 0.2) is 0 Å². The highest BCUT2D eigenvalue weighted by Crippen LogP contribution is 2.35. The van der Waals surface area contributed by atoms with Crippen LogP contribution >= 0.6 is 0 Å². The van der Waals surface area contributed by atoms with Crippen LogP contribution < -0.4 is 0 Å². The summed E-state index contributed by atoms with van der Waals surface area (Å²) in [6.07, 6.45) is 6.93. The molecule has 2 heterocycles. The van der Waals surface area contributed by atoms with Crippen LogP contribution in [0.4, 0.5) is 0 Å². The van der Waals surface area contributed by atoms with Gasteiger partial charge in [0.2, 0.25) is 0 Å². The van der Waals surface area contributed by atoms with E-state index in [2.05, 4.69) is 31.0 Å². The van der Waals surface area contributed by atoms with Crippen molar-refractivity contribution in [1.29, 1.82) is 0 Å². The van der Waals surface area contributed by atoms with Crippen molar-refractivity contribution in [2.24, 2.45) is 5.92 Å². The summed E-state index contributed by atoms with van der Waals surface area (Å²) in [4.78, 5) is 2.46. The van der Waals surface area contributed by atoms with E-state index in [1.165, 1.54) is 6.42 Å². The molecule has 2 nitrogen and oxygen atoms in total. The molecule has 0 radical (unpaired) electrons. The number of hydrogen-bond donors (Lipinski definition) is 0. The lowest BCUT2D eigenvalue weighted by molar-refractivity contribution is -0.0712. The van der Waals surface area contributed by atoms with Crippen molar-refractivity contribution < 1.29 is 4.74 Å². The lowest BCUT2D eigenvalue weighted by Gasteiger charge is -2.49. The molecule has 13 heavy (non-hydrogen) atoms. The summed E-state index contributed by atoms with van der Waals surface area (Å²) in [6.45, 7) is 5.29. The number of hydrogen-bond acceptors (Lipinski definition) is 2. The molecule has 1 spiro atoms. The topological polar surface area (TPSA) is 12.5 Å². The minimum absolute atomic E-state index is 0.299. The molecule has 2 rings (SSSR count). The van der Waals surface area contributed by atoms with Gasteiger partial charge >= 0.3 is 0 Å².